The summed E-state index contributed by atoms with van der Waals surface area (Å²) in [6, 6.07) is 14.2. The number of rotatable bonds is 3. The van der Waals surface area contributed by atoms with Crippen molar-refractivity contribution in [3.05, 3.63) is 59.5 Å². The fraction of sp³-hybridized carbons (Fsp3) is 0.188. The number of nitrogens with one attached hydrogen (secondary N) is 1. The van der Waals surface area contributed by atoms with Crippen LogP contribution in [0.4, 0.5) is 5.69 Å². The third-order valence-electron chi connectivity index (χ3n) is 3.08. The van der Waals surface area contributed by atoms with Crippen molar-refractivity contribution < 1.29 is 4.42 Å². The molecule has 1 aromatic heterocycles. The molecule has 0 aliphatic heterocycles. The third-order valence-corrected chi connectivity index (χ3v) is 3.08. The molecule has 0 spiro atoms. The van der Waals surface area contributed by atoms with Crippen molar-refractivity contribution in [3.8, 4) is 0 Å². The van der Waals surface area contributed by atoms with E-state index in [-0.39, 0.29) is 0 Å². The zero-order chi connectivity index (χ0) is 13.2. The van der Waals surface area contributed by atoms with Gasteiger partial charge in [-0.1, -0.05) is 24.3 Å². The first-order valence-corrected chi connectivity index (χ1v) is 6.38. The van der Waals surface area contributed by atoms with Gasteiger partial charge in [-0.15, -0.1) is 0 Å². The summed E-state index contributed by atoms with van der Waals surface area (Å²) in [5, 5.41) is 3.30. The van der Waals surface area contributed by atoms with Gasteiger partial charge in [0.2, 0.25) is 5.89 Å². The van der Waals surface area contributed by atoms with Crippen LogP contribution in [0.2, 0.25) is 0 Å². The van der Waals surface area contributed by atoms with E-state index in [0.29, 0.717) is 12.4 Å². The number of hydrogen-bond donors (Lipinski definition) is 1. The largest absolute Gasteiger partial charge is 0.438 e. The standard InChI is InChI=1S/C16H16N2O/c1-11-8-12(2)16-14(9-11)18-15(19-16)10-17-13-6-4-3-5-7-13/h3-9,17H,10H2,1-2H3. The zero-order valence-corrected chi connectivity index (χ0v) is 11.1. The molecule has 0 radical (unpaired) electrons. The van der Waals surface area contributed by atoms with Crippen LogP contribution in [-0.4, -0.2) is 4.98 Å². The molecule has 1 N–H and O–H groups in total. The number of nitrogens with zero attached hydrogens (tertiary/aromatic N) is 1. The first kappa shape index (κ1) is 11.8. The van der Waals surface area contributed by atoms with E-state index in [9.17, 15) is 0 Å². The number of para-hydroxylation sites is 1. The summed E-state index contributed by atoms with van der Waals surface area (Å²) in [5.41, 5.74) is 5.23. The number of hydrogen-bond acceptors (Lipinski definition) is 3. The highest BCUT2D eigenvalue weighted by Gasteiger charge is 2.08. The lowest BCUT2D eigenvalue weighted by Gasteiger charge is -2.01. The molecule has 96 valence electrons. The van der Waals surface area contributed by atoms with Crippen LogP contribution in [-0.2, 0) is 6.54 Å². The van der Waals surface area contributed by atoms with Crippen LogP contribution >= 0.6 is 0 Å². The molecule has 19 heavy (non-hydrogen) atoms. The maximum atomic E-state index is 5.80. The molecule has 1 heterocycles. The van der Waals surface area contributed by atoms with E-state index in [4.69, 9.17) is 4.42 Å². The Morgan fingerprint density at radius 2 is 1.89 bits per heavy atom. The average Bonchev–Trinajstić information content (AvgIpc) is 2.81. The van der Waals surface area contributed by atoms with Gasteiger partial charge in [0.25, 0.3) is 0 Å². The van der Waals surface area contributed by atoms with Crippen molar-refractivity contribution in [1.82, 2.24) is 4.98 Å². The van der Waals surface area contributed by atoms with Crippen molar-refractivity contribution in [3.63, 3.8) is 0 Å². The summed E-state index contributed by atoms with van der Waals surface area (Å²) in [7, 11) is 0. The van der Waals surface area contributed by atoms with Crippen LogP contribution in [0.25, 0.3) is 11.1 Å². The summed E-state index contributed by atoms with van der Waals surface area (Å²) in [6.45, 7) is 4.72. The maximum absolute atomic E-state index is 5.80. The summed E-state index contributed by atoms with van der Waals surface area (Å²) in [4.78, 5) is 4.52. The number of aromatic nitrogens is 1. The molecule has 0 saturated heterocycles. The predicted octanol–water partition coefficient (Wildman–Crippen LogP) is 4.06. The Hall–Kier alpha value is -2.29. The number of aryl methyl sites for hydroxylation is 2. The van der Waals surface area contributed by atoms with E-state index in [2.05, 4.69) is 36.3 Å². The highest BCUT2D eigenvalue weighted by Crippen LogP contribution is 2.21. The van der Waals surface area contributed by atoms with E-state index >= 15 is 0 Å². The molecule has 3 heteroatoms. The number of benzene rings is 2. The Morgan fingerprint density at radius 1 is 1.11 bits per heavy atom. The summed E-state index contributed by atoms with van der Waals surface area (Å²) < 4.78 is 5.80. The van der Waals surface area contributed by atoms with Crippen LogP contribution < -0.4 is 5.32 Å². The molecular formula is C16H16N2O. The second-order valence-electron chi connectivity index (χ2n) is 4.76. The monoisotopic (exact) mass is 252 g/mol. The smallest absolute Gasteiger partial charge is 0.214 e. The van der Waals surface area contributed by atoms with Gasteiger partial charge in [0.05, 0.1) is 6.54 Å². The minimum Gasteiger partial charge on any atom is -0.438 e. The van der Waals surface area contributed by atoms with Gasteiger partial charge >= 0.3 is 0 Å². The summed E-state index contributed by atoms with van der Waals surface area (Å²) in [5.74, 6) is 0.715. The average molecular weight is 252 g/mol. The molecule has 2 aromatic carbocycles. The number of oxazole rings is 1. The predicted molar refractivity (Wildman–Crippen MR) is 77.3 cm³/mol. The lowest BCUT2D eigenvalue weighted by molar-refractivity contribution is 0.539. The van der Waals surface area contributed by atoms with Gasteiger partial charge < -0.3 is 9.73 Å². The molecule has 3 aromatic rings. The number of anilines is 1. The van der Waals surface area contributed by atoms with Gasteiger partial charge in [-0.25, -0.2) is 4.98 Å². The topological polar surface area (TPSA) is 38.1 Å². The quantitative estimate of drug-likeness (QED) is 0.764. The molecule has 0 aliphatic rings. The van der Waals surface area contributed by atoms with Crippen LogP contribution in [0.1, 0.15) is 17.0 Å². The van der Waals surface area contributed by atoms with Gasteiger partial charge in [0.15, 0.2) is 5.58 Å². The van der Waals surface area contributed by atoms with Crippen molar-refractivity contribution >= 4 is 16.8 Å². The van der Waals surface area contributed by atoms with Gasteiger partial charge in [-0.2, -0.15) is 0 Å². The summed E-state index contributed by atoms with van der Waals surface area (Å²) >= 11 is 0. The van der Waals surface area contributed by atoms with Crippen molar-refractivity contribution in [2.45, 2.75) is 20.4 Å². The minimum absolute atomic E-state index is 0.594. The normalized spacial score (nSPS) is 10.8. The van der Waals surface area contributed by atoms with Crippen LogP contribution in [0.15, 0.2) is 46.9 Å². The van der Waals surface area contributed by atoms with Gasteiger partial charge in [0.1, 0.15) is 5.52 Å². The molecule has 0 amide bonds. The highest BCUT2D eigenvalue weighted by atomic mass is 16.3. The van der Waals surface area contributed by atoms with Crippen molar-refractivity contribution in [1.29, 1.82) is 0 Å². The van der Waals surface area contributed by atoms with Crippen molar-refractivity contribution in [2.24, 2.45) is 0 Å². The lowest BCUT2D eigenvalue weighted by atomic mass is 10.1. The Bertz CT molecular complexity index is 701. The first-order chi connectivity index (χ1) is 9.22. The van der Waals surface area contributed by atoms with Gasteiger partial charge in [-0.3, -0.25) is 0 Å². The minimum atomic E-state index is 0.594. The fourth-order valence-corrected chi connectivity index (χ4v) is 2.23. The van der Waals surface area contributed by atoms with Crippen LogP contribution in [0.5, 0.6) is 0 Å². The molecule has 0 unspecified atom stereocenters. The lowest BCUT2D eigenvalue weighted by Crippen LogP contribution is -1.98. The second kappa shape index (κ2) is 4.76. The van der Waals surface area contributed by atoms with E-state index < -0.39 is 0 Å². The van der Waals surface area contributed by atoms with E-state index in [1.54, 1.807) is 0 Å². The summed E-state index contributed by atoms with van der Waals surface area (Å²) in [6.07, 6.45) is 0. The molecule has 0 fully saturated rings. The molecular weight excluding hydrogens is 236 g/mol. The molecule has 3 nitrogen and oxygen atoms in total. The Balaban J connectivity index is 1.84. The molecule has 0 aliphatic carbocycles. The molecule has 0 atom stereocenters. The molecule has 3 rings (SSSR count). The van der Waals surface area contributed by atoms with Gasteiger partial charge in [0, 0.05) is 5.69 Å². The maximum Gasteiger partial charge on any atom is 0.214 e. The van der Waals surface area contributed by atoms with Crippen LogP contribution in [0.3, 0.4) is 0 Å². The van der Waals surface area contributed by atoms with Crippen LogP contribution in [0, 0.1) is 13.8 Å². The second-order valence-corrected chi connectivity index (χ2v) is 4.76. The molecule has 0 saturated carbocycles. The van der Waals surface area contributed by atoms with E-state index in [0.717, 1.165) is 22.4 Å². The fourth-order valence-electron chi connectivity index (χ4n) is 2.23. The SMILES string of the molecule is Cc1cc(C)c2oc(CNc3ccccc3)nc2c1. The third kappa shape index (κ3) is 2.45. The first-order valence-electron chi connectivity index (χ1n) is 6.38. The molecule has 0 bridgehead atoms. The van der Waals surface area contributed by atoms with E-state index in [1.165, 1.54) is 5.56 Å². The Kier molecular flexibility index (Phi) is 2.95. The van der Waals surface area contributed by atoms with Crippen molar-refractivity contribution in [2.75, 3.05) is 5.32 Å². The number of fused-ring (bicyclic) bond motifs is 1. The van der Waals surface area contributed by atoms with E-state index in [1.807, 2.05) is 30.3 Å². The van der Waals surface area contributed by atoms with Gasteiger partial charge in [-0.05, 0) is 43.2 Å². The Morgan fingerprint density at radius 3 is 2.68 bits per heavy atom. The zero-order valence-electron chi connectivity index (χ0n) is 11.1. The highest BCUT2D eigenvalue weighted by molar-refractivity contribution is 5.77. The Labute approximate surface area is 112 Å².